The number of aliphatic hydroxyl groups excluding tert-OH is 1. The van der Waals surface area contributed by atoms with Crippen LogP contribution in [0.4, 0.5) is 4.39 Å². The lowest BCUT2D eigenvalue weighted by Gasteiger charge is -2.06. The van der Waals surface area contributed by atoms with E-state index < -0.39 is 12.8 Å². The normalized spacial score (nSPS) is 12.8. The summed E-state index contributed by atoms with van der Waals surface area (Å²) in [4.78, 5) is 0. The maximum absolute atomic E-state index is 11.9. The minimum Gasteiger partial charge on any atom is -0.504 e. The number of aromatic hydroxyl groups is 2. The first-order valence-corrected chi connectivity index (χ1v) is 3.41. The van der Waals surface area contributed by atoms with E-state index >= 15 is 0 Å². The van der Waals surface area contributed by atoms with Crippen LogP contribution in [0, 0.1) is 0 Å². The SMILES string of the molecule is Oc1ccc(C(O)CF)cc1O. The quantitative estimate of drug-likeness (QED) is 0.585. The number of hydrogen-bond acceptors (Lipinski definition) is 3. The zero-order valence-corrected chi connectivity index (χ0v) is 6.24. The van der Waals surface area contributed by atoms with Crippen LogP contribution in [0.5, 0.6) is 11.5 Å². The maximum Gasteiger partial charge on any atom is 0.157 e. The average Bonchev–Trinajstić information content (AvgIpc) is 2.08. The van der Waals surface area contributed by atoms with Crippen LogP contribution in [0.3, 0.4) is 0 Å². The third kappa shape index (κ3) is 1.65. The summed E-state index contributed by atoms with van der Waals surface area (Å²) in [6, 6.07) is 3.67. The zero-order chi connectivity index (χ0) is 9.14. The molecule has 0 saturated heterocycles. The van der Waals surface area contributed by atoms with Gasteiger partial charge < -0.3 is 15.3 Å². The highest BCUT2D eigenvalue weighted by atomic mass is 19.1. The Balaban J connectivity index is 2.96. The fourth-order valence-electron chi connectivity index (χ4n) is 0.837. The van der Waals surface area contributed by atoms with Crippen LogP contribution in [-0.4, -0.2) is 22.0 Å². The summed E-state index contributed by atoms with van der Waals surface area (Å²) in [5.74, 6) is -0.648. The molecule has 0 aromatic heterocycles. The van der Waals surface area contributed by atoms with Gasteiger partial charge >= 0.3 is 0 Å². The summed E-state index contributed by atoms with van der Waals surface area (Å²) >= 11 is 0. The lowest BCUT2D eigenvalue weighted by atomic mass is 10.1. The summed E-state index contributed by atoms with van der Waals surface area (Å²) < 4.78 is 11.9. The van der Waals surface area contributed by atoms with Gasteiger partial charge in [-0.15, -0.1) is 0 Å². The van der Waals surface area contributed by atoms with E-state index in [-0.39, 0.29) is 17.1 Å². The summed E-state index contributed by atoms with van der Waals surface area (Å²) in [6.45, 7) is -0.912. The van der Waals surface area contributed by atoms with Crippen LogP contribution in [0.1, 0.15) is 11.7 Å². The van der Waals surface area contributed by atoms with E-state index in [1.807, 2.05) is 0 Å². The lowest BCUT2D eigenvalue weighted by molar-refractivity contribution is 0.141. The Morgan fingerprint density at radius 2 is 1.92 bits per heavy atom. The van der Waals surface area contributed by atoms with Gasteiger partial charge in [0, 0.05) is 0 Å². The Morgan fingerprint density at radius 3 is 2.42 bits per heavy atom. The molecular formula is C8H9FO3. The van der Waals surface area contributed by atoms with E-state index in [1.54, 1.807) is 0 Å². The molecule has 1 aromatic rings. The van der Waals surface area contributed by atoms with Crippen molar-refractivity contribution >= 4 is 0 Å². The molecule has 1 aromatic carbocycles. The molecule has 66 valence electrons. The van der Waals surface area contributed by atoms with Gasteiger partial charge in [0.15, 0.2) is 11.5 Å². The smallest absolute Gasteiger partial charge is 0.157 e. The Hall–Kier alpha value is -1.29. The average molecular weight is 172 g/mol. The van der Waals surface area contributed by atoms with Crippen molar-refractivity contribution in [3.8, 4) is 11.5 Å². The molecule has 0 fully saturated rings. The molecule has 0 saturated carbocycles. The van der Waals surface area contributed by atoms with Crippen molar-refractivity contribution in [2.45, 2.75) is 6.10 Å². The van der Waals surface area contributed by atoms with Gasteiger partial charge in [0.05, 0.1) is 0 Å². The van der Waals surface area contributed by atoms with Crippen molar-refractivity contribution in [1.82, 2.24) is 0 Å². The molecule has 12 heavy (non-hydrogen) atoms. The molecule has 1 unspecified atom stereocenters. The molecule has 0 aliphatic carbocycles. The highest BCUT2D eigenvalue weighted by Crippen LogP contribution is 2.27. The van der Waals surface area contributed by atoms with E-state index in [9.17, 15) is 4.39 Å². The largest absolute Gasteiger partial charge is 0.504 e. The predicted octanol–water partition coefficient (Wildman–Crippen LogP) is 1.10. The first-order valence-electron chi connectivity index (χ1n) is 3.41. The van der Waals surface area contributed by atoms with Crippen LogP contribution in [0.2, 0.25) is 0 Å². The highest BCUT2D eigenvalue weighted by molar-refractivity contribution is 5.41. The van der Waals surface area contributed by atoms with Crippen molar-refractivity contribution in [2.24, 2.45) is 0 Å². The molecule has 3 nitrogen and oxygen atoms in total. The fourth-order valence-corrected chi connectivity index (χ4v) is 0.837. The van der Waals surface area contributed by atoms with Crippen molar-refractivity contribution in [3.05, 3.63) is 23.8 Å². The molecule has 4 heteroatoms. The molecule has 0 amide bonds. The van der Waals surface area contributed by atoms with Gasteiger partial charge in [-0.3, -0.25) is 0 Å². The number of halogens is 1. The summed E-state index contributed by atoms with van der Waals surface area (Å²) in [5.41, 5.74) is 0.243. The number of rotatable bonds is 2. The van der Waals surface area contributed by atoms with Gasteiger partial charge in [-0.05, 0) is 17.7 Å². The second-order valence-corrected chi connectivity index (χ2v) is 2.42. The second-order valence-electron chi connectivity index (χ2n) is 2.42. The maximum atomic E-state index is 11.9. The molecular weight excluding hydrogens is 163 g/mol. The number of benzene rings is 1. The molecule has 3 N–H and O–H groups in total. The van der Waals surface area contributed by atoms with E-state index in [0.29, 0.717) is 0 Å². The van der Waals surface area contributed by atoms with Gasteiger partial charge in [-0.2, -0.15) is 0 Å². The Morgan fingerprint density at radius 1 is 1.25 bits per heavy atom. The minimum absolute atomic E-state index is 0.243. The molecule has 1 atom stereocenters. The van der Waals surface area contributed by atoms with Crippen LogP contribution >= 0.6 is 0 Å². The third-order valence-corrected chi connectivity index (χ3v) is 1.53. The molecule has 0 heterocycles. The Kier molecular flexibility index (Phi) is 2.50. The summed E-state index contributed by atoms with van der Waals surface area (Å²) in [7, 11) is 0. The minimum atomic E-state index is -1.24. The number of phenolic OH excluding ortho intramolecular Hbond substituents is 2. The van der Waals surface area contributed by atoms with Crippen LogP contribution < -0.4 is 0 Å². The Labute approximate surface area is 68.7 Å². The number of alkyl halides is 1. The zero-order valence-electron chi connectivity index (χ0n) is 6.24. The van der Waals surface area contributed by atoms with E-state index in [0.717, 1.165) is 6.07 Å². The Bertz CT molecular complexity index is 275. The highest BCUT2D eigenvalue weighted by Gasteiger charge is 2.08. The third-order valence-electron chi connectivity index (χ3n) is 1.53. The molecule has 0 radical (unpaired) electrons. The first-order chi connectivity index (χ1) is 5.65. The molecule has 0 aliphatic rings. The molecule has 0 aliphatic heterocycles. The first kappa shape index (κ1) is 8.80. The van der Waals surface area contributed by atoms with Crippen molar-refractivity contribution < 1.29 is 19.7 Å². The van der Waals surface area contributed by atoms with Gasteiger partial charge in [0.25, 0.3) is 0 Å². The van der Waals surface area contributed by atoms with Crippen LogP contribution in [-0.2, 0) is 0 Å². The van der Waals surface area contributed by atoms with Gasteiger partial charge in [-0.25, -0.2) is 4.39 Å². The van der Waals surface area contributed by atoms with Gasteiger partial charge in [0.2, 0.25) is 0 Å². The topological polar surface area (TPSA) is 60.7 Å². The fraction of sp³-hybridized carbons (Fsp3) is 0.250. The summed E-state index contributed by atoms with van der Waals surface area (Å²) in [5, 5.41) is 26.8. The van der Waals surface area contributed by atoms with Crippen molar-refractivity contribution in [1.29, 1.82) is 0 Å². The lowest BCUT2D eigenvalue weighted by Crippen LogP contribution is -1.98. The second kappa shape index (κ2) is 3.40. The summed E-state index contributed by atoms with van der Waals surface area (Å²) in [6.07, 6.45) is -1.24. The molecule has 0 bridgehead atoms. The van der Waals surface area contributed by atoms with E-state index in [1.165, 1.54) is 12.1 Å². The van der Waals surface area contributed by atoms with Crippen molar-refractivity contribution in [2.75, 3.05) is 6.67 Å². The number of aliphatic hydroxyl groups is 1. The van der Waals surface area contributed by atoms with Crippen LogP contribution in [0.25, 0.3) is 0 Å². The monoisotopic (exact) mass is 172 g/mol. The van der Waals surface area contributed by atoms with Gasteiger partial charge in [-0.1, -0.05) is 6.07 Å². The van der Waals surface area contributed by atoms with E-state index in [2.05, 4.69) is 0 Å². The van der Waals surface area contributed by atoms with Crippen LogP contribution in [0.15, 0.2) is 18.2 Å². The van der Waals surface area contributed by atoms with E-state index in [4.69, 9.17) is 15.3 Å². The van der Waals surface area contributed by atoms with Gasteiger partial charge in [0.1, 0.15) is 12.8 Å². The standard InChI is InChI=1S/C8H9FO3/c9-4-8(12)5-1-2-6(10)7(11)3-5/h1-3,8,10-12H,4H2. The predicted molar refractivity (Wildman–Crippen MR) is 40.7 cm³/mol. The number of phenols is 2. The number of hydrogen-bond donors (Lipinski definition) is 3. The molecule has 1 rings (SSSR count). The van der Waals surface area contributed by atoms with Crippen molar-refractivity contribution in [3.63, 3.8) is 0 Å². The molecule has 0 spiro atoms.